The lowest BCUT2D eigenvalue weighted by Crippen LogP contribution is -2.54. The van der Waals surface area contributed by atoms with Crippen LogP contribution in [0.4, 0.5) is 15.3 Å². The fraction of sp³-hybridized carbons (Fsp3) is 0.409. The van der Waals surface area contributed by atoms with Gasteiger partial charge < -0.3 is 40.2 Å². The SMILES string of the molecule is COC(=O)N[C@H](C(=O)N1CCCC1c1ncc(-c2ccc(-c3ccc(-c4cccc(NC(=O)[C@@H]5CCCN5C(=O)[C@@H](NC(=O)OC)C(C)C)c4)cc3)cc2)[nH]1)C(C)C. The Labute approximate surface area is 339 Å². The van der Waals surface area contributed by atoms with Crippen molar-refractivity contribution >= 4 is 35.6 Å². The lowest BCUT2D eigenvalue weighted by atomic mass is 9.99. The third-order valence-corrected chi connectivity index (χ3v) is 10.9. The van der Waals surface area contributed by atoms with Crippen LogP contribution in [0.2, 0.25) is 0 Å². The molecule has 0 bridgehead atoms. The summed E-state index contributed by atoms with van der Waals surface area (Å²) in [5, 5.41) is 8.31. The highest BCUT2D eigenvalue weighted by Crippen LogP contribution is 2.34. The third kappa shape index (κ3) is 9.33. The second-order valence-electron chi connectivity index (χ2n) is 15.5. The van der Waals surface area contributed by atoms with Crippen LogP contribution >= 0.6 is 0 Å². The largest absolute Gasteiger partial charge is 0.453 e. The highest BCUT2D eigenvalue weighted by Gasteiger charge is 2.39. The molecule has 14 heteroatoms. The van der Waals surface area contributed by atoms with Crippen LogP contribution in [-0.2, 0) is 23.9 Å². The summed E-state index contributed by atoms with van der Waals surface area (Å²) < 4.78 is 9.46. The Hall–Kier alpha value is -6.18. The number of hydrogen-bond acceptors (Lipinski definition) is 8. The molecule has 2 fully saturated rings. The monoisotopic (exact) mass is 791 g/mol. The van der Waals surface area contributed by atoms with Crippen molar-refractivity contribution in [2.75, 3.05) is 32.6 Å². The third-order valence-electron chi connectivity index (χ3n) is 10.9. The van der Waals surface area contributed by atoms with E-state index < -0.39 is 30.3 Å². The lowest BCUT2D eigenvalue weighted by molar-refractivity contribution is -0.139. The summed E-state index contributed by atoms with van der Waals surface area (Å²) in [5.41, 5.74) is 6.42. The van der Waals surface area contributed by atoms with Crippen LogP contribution in [0.3, 0.4) is 0 Å². The average Bonchev–Trinajstić information content (AvgIpc) is 4.03. The van der Waals surface area contributed by atoms with E-state index in [1.54, 1.807) is 16.0 Å². The van der Waals surface area contributed by atoms with E-state index in [2.05, 4.69) is 50.2 Å². The number of alkyl carbamates (subject to hydrolysis) is 2. The van der Waals surface area contributed by atoms with Gasteiger partial charge in [-0.2, -0.15) is 0 Å². The first-order valence-corrected chi connectivity index (χ1v) is 19.9. The Bertz CT molecular complexity index is 2100. The first kappa shape index (κ1) is 41.5. The molecule has 1 aromatic heterocycles. The van der Waals surface area contributed by atoms with Crippen molar-refractivity contribution in [2.45, 2.75) is 77.5 Å². The maximum atomic E-state index is 13.5. The van der Waals surface area contributed by atoms with Gasteiger partial charge in [-0.15, -0.1) is 0 Å². The Balaban J connectivity index is 1.09. The number of anilines is 1. The summed E-state index contributed by atoms with van der Waals surface area (Å²) in [6.45, 7) is 8.49. The van der Waals surface area contributed by atoms with Crippen LogP contribution in [0, 0.1) is 11.8 Å². The molecule has 4 aromatic rings. The minimum atomic E-state index is -0.800. The van der Waals surface area contributed by atoms with Crippen LogP contribution in [0.15, 0.2) is 79.0 Å². The molecular formula is C44H53N7O7. The number of hydrogen-bond donors (Lipinski definition) is 4. The van der Waals surface area contributed by atoms with Crippen LogP contribution in [0.1, 0.15) is 65.2 Å². The Kier molecular flexibility index (Phi) is 13.1. The number of ether oxygens (including phenoxy) is 2. The number of benzene rings is 3. The smallest absolute Gasteiger partial charge is 0.407 e. The molecule has 6 rings (SSSR count). The van der Waals surface area contributed by atoms with Gasteiger partial charge in [0.2, 0.25) is 17.7 Å². The van der Waals surface area contributed by atoms with Crippen LogP contribution in [-0.4, -0.2) is 95.1 Å². The van der Waals surface area contributed by atoms with Gasteiger partial charge in [0, 0.05) is 18.8 Å². The molecule has 3 heterocycles. The van der Waals surface area contributed by atoms with Gasteiger partial charge in [0.15, 0.2) is 0 Å². The number of H-pyrrole nitrogens is 1. The molecule has 2 aliphatic heterocycles. The highest BCUT2D eigenvalue weighted by molar-refractivity contribution is 5.99. The fourth-order valence-electron chi connectivity index (χ4n) is 7.73. The molecule has 0 saturated carbocycles. The summed E-state index contributed by atoms with van der Waals surface area (Å²) in [5.74, 6) is -0.305. The molecule has 2 saturated heterocycles. The first-order chi connectivity index (χ1) is 27.9. The van der Waals surface area contributed by atoms with Gasteiger partial charge in [-0.1, -0.05) is 88.4 Å². The number of carbonyl (C=O) groups excluding carboxylic acids is 5. The number of carbonyl (C=O) groups is 5. The van der Waals surface area contributed by atoms with Crippen molar-refractivity contribution in [1.82, 2.24) is 30.4 Å². The zero-order valence-electron chi connectivity index (χ0n) is 33.9. The van der Waals surface area contributed by atoms with Crippen molar-refractivity contribution in [1.29, 1.82) is 0 Å². The molecular weight excluding hydrogens is 739 g/mol. The predicted molar refractivity (Wildman–Crippen MR) is 220 cm³/mol. The predicted octanol–water partition coefficient (Wildman–Crippen LogP) is 6.76. The van der Waals surface area contributed by atoms with Gasteiger partial charge >= 0.3 is 12.2 Å². The summed E-state index contributed by atoms with van der Waals surface area (Å²) in [6.07, 6.45) is 3.31. The maximum Gasteiger partial charge on any atom is 0.407 e. The van der Waals surface area contributed by atoms with Gasteiger partial charge in [-0.25, -0.2) is 14.6 Å². The number of methoxy groups -OCH3 is 2. The average molecular weight is 792 g/mol. The zero-order chi connectivity index (χ0) is 41.5. The van der Waals surface area contributed by atoms with Crippen molar-refractivity contribution in [3.63, 3.8) is 0 Å². The van der Waals surface area contributed by atoms with Crippen molar-refractivity contribution in [3.05, 3.63) is 84.8 Å². The Morgan fingerprint density at radius 1 is 0.690 bits per heavy atom. The van der Waals surface area contributed by atoms with Crippen LogP contribution < -0.4 is 16.0 Å². The van der Waals surface area contributed by atoms with E-state index in [1.165, 1.54) is 14.2 Å². The summed E-state index contributed by atoms with van der Waals surface area (Å²) >= 11 is 0. The molecule has 2 aliphatic rings. The molecule has 4 N–H and O–H groups in total. The van der Waals surface area contributed by atoms with Gasteiger partial charge in [0.25, 0.3) is 0 Å². The zero-order valence-corrected chi connectivity index (χ0v) is 33.9. The molecule has 58 heavy (non-hydrogen) atoms. The number of imidazole rings is 1. The van der Waals surface area contributed by atoms with Crippen molar-refractivity contribution in [3.8, 4) is 33.5 Å². The van der Waals surface area contributed by atoms with Crippen LogP contribution in [0.25, 0.3) is 33.5 Å². The minimum absolute atomic E-state index is 0.112. The molecule has 0 aliphatic carbocycles. The van der Waals surface area contributed by atoms with E-state index in [4.69, 9.17) is 9.47 Å². The lowest BCUT2D eigenvalue weighted by Gasteiger charge is -2.30. The second kappa shape index (κ2) is 18.4. The van der Waals surface area contributed by atoms with E-state index in [0.717, 1.165) is 46.4 Å². The number of rotatable bonds is 12. The molecule has 14 nitrogen and oxygen atoms in total. The number of amides is 5. The van der Waals surface area contributed by atoms with Gasteiger partial charge in [-0.05, 0) is 77.5 Å². The minimum Gasteiger partial charge on any atom is -0.453 e. The second-order valence-corrected chi connectivity index (χ2v) is 15.5. The highest BCUT2D eigenvalue weighted by atomic mass is 16.5. The molecule has 0 spiro atoms. The fourth-order valence-corrected chi connectivity index (χ4v) is 7.73. The van der Waals surface area contributed by atoms with Gasteiger partial charge in [0.05, 0.1) is 32.2 Å². The van der Waals surface area contributed by atoms with Crippen molar-refractivity contribution < 1.29 is 33.4 Å². The molecule has 306 valence electrons. The van der Waals surface area contributed by atoms with E-state index in [1.807, 2.05) is 76.2 Å². The first-order valence-electron chi connectivity index (χ1n) is 19.9. The van der Waals surface area contributed by atoms with E-state index in [9.17, 15) is 24.0 Å². The quantitative estimate of drug-likeness (QED) is 0.122. The molecule has 0 radical (unpaired) electrons. The van der Waals surface area contributed by atoms with E-state index in [0.29, 0.717) is 37.4 Å². The summed E-state index contributed by atoms with van der Waals surface area (Å²) in [4.78, 5) is 75.8. The van der Waals surface area contributed by atoms with Gasteiger partial charge in [-0.3, -0.25) is 14.4 Å². The molecule has 3 aromatic carbocycles. The van der Waals surface area contributed by atoms with Crippen molar-refractivity contribution in [2.24, 2.45) is 11.8 Å². The Morgan fingerprint density at radius 3 is 1.78 bits per heavy atom. The summed E-state index contributed by atoms with van der Waals surface area (Å²) in [7, 11) is 2.53. The normalized spacial score (nSPS) is 17.5. The topological polar surface area (TPSA) is 175 Å². The van der Waals surface area contributed by atoms with E-state index >= 15 is 0 Å². The number of nitrogens with one attached hydrogen (secondary N) is 4. The van der Waals surface area contributed by atoms with Gasteiger partial charge in [0.1, 0.15) is 23.9 Å². The number of likely N-dealkylation sites (tertiary alicyclic amines) is 2. The Morgan fingerprint density at radius 2 is 1.21 bits per heavy atom. The number of aromatic nitrogens is 2. The van der Waals surface area contributed by atoms with E-state index in [-0.39, 0.29) is 35.6 Å². The number of aromatic amines is 1. The number of nitrogens with zero attached hydrogens (tertiary/aromatic N) is 3. The molecule has 5 amide bonds. The maximum absolute atomic E-state index is 13.5. The molecule has 1 unspecified atom stereocenters. The standard InChI is InChI=1S/C44H53N7O7/c1-26(2)37(48-43(55)57-5)41(53)50-22-8-12-35(50)39-45-25-34(47-39)31-20-18-29(19-21-31)28-14-16-30(17-15-28)32-10-7-11-33(24-32)46-40(52)36-13-9-23-51(36)42(54)38(27(3)4)49-44(56)58-6/h7,10-11,14-21,24-27,35-38H,8-9,12-13,22-23H2,1-6H3,(H,45,47)(H,46,52)(H,48,55)(H,49,56)/t35?,36-,37-,38-/m0/s1. The summed E-state index contributed by atoms with van der Waals surface area (Å²) in [6, 6.07) is 21.7. The molecule has 4 atom stereocenters. The van der Waals surface area contributed by atoms with Crippen LogP contribution in [0.5, 0.6) is 0 Å².